The Morgan fingerprint density at radius 1 is 1.39 bits per heavy atom. The fraction of sp³-hybridized carbons (Fsp3) is 0.643. The molecule has 1 N–H and O–H groups in total. The van der Waals surface area contributed by atoms with Crippen molar-refractivity contribution in [3.8, 4) is 5.75 Å². The molecule has 0 aliphatic rings. The Hall–Kier alpha value is -1.13. The molecule has 1 aromatic rings. The molecule has 102 valence electrons. The Labute approximate surface area is 110 Å². The topological polar surface area (TPSA) is 43.4 Å². The quantitative estimate of drug-likeness (QED) is 0.682. The standard InChI is InChI=1S/C14H24N2O2/c1-4-18-14-8-13(10-16-11-14)7-12(2)9-15-5-6-17-3/h8,10-12,15H,4-7,9H2,1-3H3. The Morgan fingerprint density at radius 2 is 2.22 bits per heavy atom. The van der Waals surface area contributed by atoms with Crippen LogP contribution in [0.25, 0.3) is 0 Å². The molecule has 0 saturated carbocycles. The summed E-state index contributed by atoms with van der Waals surface area (Å²) >= 11 is 0. The van der Waals surface area contributed by atoms with Gasteiger partial charge in [-0.1, -0.05) is 6.92 Å². The van der Waals surface area contributed by atoms with Gasteiger partial charge >= 0.3 is 0 Å². The highest BCUT2D eigenvalue weighted by atomic mass is 16.5. The number of ether oxygens (including phenoxy) is 2. The van der Waals surface area contributed by atoms with Crippen LogP contribution in [0.2, 0.25) is 0 Å². The van der Waals surface area contributed by atoms with Crippen molar-refractivity contribution in [2.24, 2.45) is 5.92 Å². The maximum Gasteiger partial charge on any atom is 0.137 e. The summed E-state index contributed by atoms with van der Waals surface area (Å²) in [6, 6.07) is 2.07. The van der Waals surface area contributed by atoms with Crippen molar-refractivity contribution in [1.29, 1.82) is 0 Å². The Morgan fingerprint density at radius 3 is 2.94 bits per heavy atom. The van der Waals surface area contributed by atoms with E-state index in [1.165, 1.54) is 5.56 Å². The van der Waals surface area contributed by atoms with Crippen LogP contribution >= 0.6 is 0 Å². The minimum absolute atomic E-state index is 0.570. The van der Waals surface area contributed by atoms with Gasteiger partial charge in [-0.3, -0.25) is 4.98 Å². The van der Waals surface area contributed by atoms with E-state index in [1.807, 2.05) is 13.1 Å². The van der Waals surface area contributed by atoms with Gasteiger partial charge in [-0.25, -0.2) is 0 Å². The minimum Gasteiger partial charge on any atom is -0.492 e. The molecule has 4 nitrogen and oxygen atoms in total. The van der Waals surface area contributed by atoms with Crippen molar-refractivity contribution in [1.82, 2.24) is 10.3 Å². The van der Waals surface area contributed by atoms with Crippen molar-refractivity contribution in [3.05, 3.63) is 24.0 Å². The van der Waals surface area contributed by atoms with E-state index in [9.17, 15) is 0 Å². The molecule has 0 saturated heterocycles. The largest absolute Gasteiger partial charge is 0.492 e. The Kier molecular flexibility index (Phi) is 7.37. The van der Waals surface area contributed by atoms with E-state index in [1.54, 1.807) is 13.3 Å². The van der Waals surface area contributed by atoms with Gasteiger partial charge in [-0.2, -0.15) is 0 Å². The van der Waals surface area contributed by atoms with Gasteiger partial charge in [0.15, 0.2) is 0 Å². The van der Waals surface area contributed by atoms with E-state index >= 15 is 0 Å². The average molecular weight is 252 g/mol. The molecule has 1 atom stereocenters. The van der Waals surface area contributed by atoms with Crippen LogP contribution in [0, 0.1) is 5.92 Å². The van der Waals surface area contributed by atoms with Gasteiger partial charge in [-0.15, -0.1) is 0 Å². The number of pyridine rings is 1. The summed E-state index contributed by atoms with van der Waals surface area (Å²) in [4.78, 5) is 4.20. The van der Waals surface area contributed by atoms with Crippen molar-refractivity contribution >= 4 is 0 Å². The van der Waals surface area contributed by atoms with Crippen LogP contribution in [0.1, 0.15) is 19.4 Å². The van der Waals surface area contributed by atoms with Crippen molar-refractivity contribution in [2.45, 2.75) is 20.3 Å². The maximum atomic E-state index is 5.45. The first-order valence-electron chi connectivity index (χ1n) is 6.52. The summed E-state index contributed by atoms with van der Waals surface area (Å²) in [5, 5.41) is 3.37. The van der Waals surface area contributed by atoms with Crippen LogP contribution in [-0.4, -0.2) is 38.4 Å². The third-order valence-electron chi connectivity index (χ3n) is 2.64. The van der Waals surface area contributed by atoms with E-state index in [4.69, 9.17) is 9.47 Å². The molecular weight excluding hydrogens is 228 g/mol. The van der Waals surface area contributed by atoms with Crippen LogP contribution in [0.15, 0.2) is 18.5 Å². The van der Waals surface area contributed by atoms with Gasteiger partial charge < -0.3 is 14.8 Å². The molecular formula is C14H24N2O2. The van der Waals surface area contributed by atoms with E-state index in [0.717, 1.165) is 31.9 Å². The zero-order valence-electron chi connectivity index (χ0n) is 11.6. The average Bonchev–Trinajstić information content (AvgIpc) is 2.35. The van der Waals surface area contributed by atoms with Crippen LogP contribution < -0.4 is 10.1 Å². The van der Waals surface area contributed by atoms with Crippen LogP contribution in [0.3, 0.4) is 0 Å². The molecule has 1 rings (SSSR count). The first-order valence-corrected chi connectivity index (χ1v) is 6.52. The summed E-state index contributed by atoms with van der Waals surface area (Å²) in [6.45, 7) is 7.54. The summed E-state index contributed by atoms with van der Waals surface area (Å²) in [5.41, 5.74) is 1.22. The Bertz CT molecular complexity index is 331. The fourth-order valence-electron chi connectivity index (χ4n) is 1.82. The van der Waals surface area contributed by atoms with Crippen molar-refractivity contribution in [3.63, 3.8) is 0 Å². The zero-order chi connectivity index (χ0) is 13.2. The zero-order valence-corrected chi connectivity index (χ0v) is 11.6. The molecule has 0 radical (unpaired) electrons. The maximum absolute atomic E-state index is 5.45. The van der Waals surface area contributed by atoms with E-state index in [0.29, 0.717) is 12.5 Å². The van der Waals surface area contributed by atoms with E-state index < -0.39 is 0 Å². The van der Waals surface area contributed by atoms with Crippen LogP contribution in [0.5, 0.6) is 5.75 Å². The smallest absolute Gasteiger partial charge is 0.137 e. The van der Waals surface area contributed by atoms with Gasteiger partial charge in [0.05, 0.1) is 19.4 Å². The molecule has 18 heavy (non-hydrogen) atoms. The van der Waals surface area contributed by atoms with Gasteiger partial charge in [-0.05, 0) is 37.4 Å². The molecule has 0 aliphatic heterocycles. The molecule has 4 heteroatoms. The number of nitrogens with zero attached hydrogens (tertiary/aromatic N) is 1. The van der Waals surface area contributed by atoms with Crippen molar-refractivity contribution in [2.75, 3.05) is 33.4 Å². The number of methoxy groups -OCH3 is 1. The third kappa shape index (κ3) is 5.98. The van der Waals surface area contributed by atoms with E-state index in [2.05, 4.69) is 23.3 Å². The molecule has 0 fully saturated rings. The third-order valence-corrected chi connectivity index (χ3v) is 2.64. The fourth-order valence-corrected chi connectivity index (χ4v) is 1.82. The summed E-state index contributed by atoms with van der Waals surface area (Å²) in [5.74, 6) is 1.43. The van der Waals surface area contributed by atoms with E-state index in [-0.39, 0.29) is 0 Å². The van der Waals surface area contributed by atoms with Gasteiger partial charge in [0.1, 0.15) is 5.75 Å². The molecule has 0 spiro atoms. The van der Waals surface area contributed by atoms with Gasteiger partial charge in [0.25, 0.3) is 0 Å². The molecule has 0 amide bonds. The van der Waals surface area contributed by atoms with Gasteiger partial charge in [0, 0.05) is 19.9 Å². The summed E-state index contributed by atoms with van der Waals surface area (Å²) in [7, 11) is 1.72. The number of hydrogen-bond acceptors (Lipinski definition) is 4. The van der Waals surface area contributed by atoms with Crippen LogP contribution in [0.4, 0.5) is 0 Å². The summed E-state index contributed by atoms with van der Waals surface area (Å²) < 4.78 is 10.4. The first kappa shape index (κ1) is 14.9. The number of hydrogen-bond donors (Lipinski definition) is 1. The lowest BCUT2D eigenvalue weighted by atomic mass is 10.0. The molecule has 0 bridgehead atoms. The second-order valence-electron chi connectivity index (χ2n) is 4.47. The highest BCUT2D eigenvalue weighted by Gasteiger charge is 2.05. The normalized spacial score (nSPS) is 12.4. The molecule has 1 heterocycles. The highest BCUT2D eigenvalue weighted by Crippen LogP contribution is 2.14. The SMILES string of the molecule is CCOc1cncc(CC(C)CNCCOC)c1. The van der Waals surface area contributed by atoms with Crippen LogP contribution in [-0.2, 0) is 11.2 Å². The predicted molar refractivity (Wildman–Crippen MR) is 73.0 cm³/mol. The second-order valence-corrected chi connectivity index (χ2v) is 4.47. The lowest BCUT2D eigenvalue weighted by Crippen LogP contribution is -2.25. The van der Waals surface area contributed by atoms with Crippen molar-refractivity contribution < 1.29 is 9.47 Å². The second kappa shape index (κ2) is 8.89. The molecule has 0 aliphatic carbocycles. The minimum atomic E-state index is 0.570. The highest BCUT2D eigenvalue weighted by molar-refractivity contribution is 5.23. The summed E-state index contributed by atoms with van der Waals surface area (Å²) in [6.07, 6.45) is 4.68. The number of rotatable bonds is 9. The first-order chi connectivity index (χ1) is 8.76. The molecule has 1 unspecified atom stereocenters. The number of aromatic nitrogens is 1. The molecule has 0 aromatic carbocycles. The lowest BCUT2D eigenvalue weighted by molar-refractivity contribution is 0.198. The monoisotopic (exact) mass is 252 g/mol. The molecule has 1 aromatic heterocycles. The van der Waals surface area contributed by atoms with Gasteiger partial charge in [0.2, 0.25) is 0 Å². The lowest BCUT2D eigenvalue weighted by Gasteiger charge is -2.13. The Balaban J connectivity index is 2.34. The predicted octanol–water partition coefficient (Wildman–Crippen LogP) is 1.89. The number of nitrogens with one attached hydrogen (secondary N) is 1.